The molecule has 1 aromatic carbocycles. The standard InChI is InChI=1S/C13H15Br2NO4/c1-2-6-19-13-8(14)7-11(13)20-10-5-3-4-9(12(10)15)16(17)18/h3-5,8,11,13H,2,6-7H2,1H3. The fourth-order valence-corrected chi connectivity index (χ4v) is 3.37. The van der Waals surface area contributed by atoms with Crippen LogP contribution in [0.3, 0.4) is 0 Å². The van der Waals surface area contributed by atoms with Crippen LogP contribution in [0.15, 0.2) is 22.7 Å². The summed E-state index contributed by atoms with van der Waals surface area (Å²) in [5.41, 5.74) is 0.00300. The first-order valence-electron chi connectivity index (χ1n) is 6.39. The fraction of sp³-hybridized carbons (Fsp3) is 0.538. The molecule has 2 rings (SSSR count). The molecule has 0 saturated heterocycles. The molecule has 0 aromatic heterocycles. The van der Waals surface area contributed by atoms with Gasteiger partial charge in [-0.2, -0.15) is 0 Å². The Bertz CT molecular complexity index is 497. The van der Waals surface area contributed by atoms with E-state index in [1.54, 1.807) is 12.1 Å². The fourth-order valence-electron chi connectivity index (χ4n) is 2.00. The van der Waals surface area contributed by atoms with Crippen LogP contribution in [0.1, 0.15) is 19.8 Å². The normalized spacial score (nSPS) is 25.1. The number of ether oxygens (including phenoxy) is 2. The zero-order chi connectivity index (χ0) is 14.7. The molecule has 0 spiro atoms. The van der Waals surface area contributed by atoms with Crippen molar-refractivity contribution in [1.82, 2.24) is 0 Å². The van der Waals surface area contributed by atoms with Gasteiger partial charge >= 0.3 is 0 Å². The molecule has 1 fully saturated rings. The van der Waals surface area contributed by atoms with Crippen LogP contribution in [0.5, 0.6) is 5.75 Å². The van der Waals surface area contributed by atoms with E-state index < -0.39 is 4.92 Å². The molecule has 0 amide bonds. The number of nitro benzene ring substituents is 1. The average molecular weight is 409 g/mol. The van der Waals surface area contributed by atoms with Crippen LogP contribution in [0.2, 0.25) is 0 Å². The summed E-state index contributed by atoms with van der Waals surface area (Å²) in [6.45, 7) is 2.73. The smallest absolute Gasteiger partial charge is 0.287 e. The first kappa shape index (κ1) is 15.7. The third-order valence-electron chi connectivity index (χ3n) is 3.11. The van der Waals surface area contributed by atoms with E-state index in [2.05, 4.69) is 38.8 Å². The Morgan fingerprint density at radius 3 is 2.85 bits per heavy atom. The van der Waals surface area contributed by atoms with Crippen LogP contribution in [0.25, 0.3) is 0 Å². The van der Waals surface area contributed by atoms with Gasteiger partial charge in [0.15, 0.2) is 0 Å². The Hall–Kier alpha value is -0.660. The Balaban J connectivity index is 2.07. The molecule has 3 unspecified atom stereocenters. The van der Waals surface area contributed by atoms with Crippen molar-refractivity contribution in [3.8, 4) is 5.75 Å². The second-order valence-corrected chi connectivity index (χ2v) is 6.56. The first-order valence-corrected chi connectivity index (χ1v) is 8.10. The highest BCUT2D eigenvalue weighted by atomic mass is 79.9. The predicted octanol–water partition coefficient (Wildman–Crippen LogP) is 4.07. The summed E-state index contributed by atoms with van der Waals surface area (Å²) in [6, 6.07) is 4.77. The first-order chi connectivity index (χ1) is 9.54. The molecule has 7 heteroatoms. The predicted molar refractivity (Wildman–Crippen MR) is 82.6 cm³/mol. The van der Waals surface area contributed by atoms with Gasteiger partial charge in [0.2, 0.25) is 0 Å². The number of nitrogens with zero attached hydrogens (tertiary/aromatic N) is 1. The summed E-state index contributed by atoms with van der Waals surface area (Å²) in [5, 5.41) is 10.9. The number of alkyl halides is 1. The van der Waals surface area contributed by atoms with Crippen molar-refractivity contribution < 1.29 is 14.4 Å². The maximum atomic E-state index is 10.9. The van der Waals surface area contributed by atoms with Crippen LogP contribution in [-0.2, 0) is 4.74 Å². The van der Waals surface area contributed by atoms with E-state index in [1.807, 2.05) is 0 Å². The van der Waals surface area contributed by atoms with Gasteiger partial charge in [0.1, 0.15) is 22.4 Å². The molecule has 3 atom stereocenters. The van der Waals surface area contributed by atoms with Crippen molar-refractivity contribution in [3.63, 3.8) is 0 Å². The van der Waals surface area contributed by atoms with Gasteiger partial charge in [-0.1, -0.05) is 28.9 Å². The lowest BCUT2D eigenvalue weighted by atomic mass is 9.91. The maximum Gasteiger partial charge on any atom is 0.287 e. The van der Waals surface area contributed by atoms with E-state index in [4.69, 9.17) is 9.47 Å². The number of hydrogen-bond acceptors (Lipinski definition) is 4. The van der Waals surface area contributed by atoms with Crippen LogP contribution < -0.4 is 4.74 Å². The van der Waals surface area contributed by atoms with Crippen molar-refractivity contribution in [3.05, 3.63) is 32.8 Å². The molecule has 20 heavy (non-hydrogen) atoms. The summed E-state index contributed by atoms with van der Waals surface area (Å²) < 4.78 is 11.9. The zero-order valence-corrected chi connectivity index (χ0v) is 14.1. The molecule has 0 radical (unpaired) electrons. The van der Waals surface area contributed by atoms with Gasteiger partial charge in [0.25, 0.3) is 5.69 Å². The summed E-state index contributed by atoms with van der Waals surface area (Å²) in [4.78, 5) is 10.7. The highest BCUT2D eigenvalue weighted by Gasteiger charge is 2.42. The van der Waals surface area contributed by atoms with Gasteiger partial charge in [0.05, 0.1) is 4.92 Å². The minimum atomic E-state index is -0.434. The molecule has 5 nitrogen and oxygen atoms in total. The quantitative estimate of drug-likeness (QED) is 0.404. The third-order valence-corrected chi connectivity index (χ3v) is 4.80. The average Bonchev–Trinajstić information content (AvgIpc) is 2.40. The van der Waals surface area contributed by atoms with E-state index in [0.29, 0.717) is 16.8 Å². The molecular formula is C13H15Br2NO4. The molecule has 1 aliphatic carbocycles. The Morgan fingerprint density at radius 1 is 1.50 bits per heavy atom. The van der Waals surface area contributed by atoms with E-state index >= 15 is 0 Å². The number of hydrogen-bond donors (Lipinski definition) is 0. The van der Waals surface area contributed by atoms with Gasteiger partial charge in [0, 0.05) is 23.9 Å². The van der Waals surface area contributed by atoms with Crippen molar-refractivity contribution in [2.24, 2.45) is 0 Å². The van der Waals surface area contributed by atoms with Crippen molar-refractivity contribution in [2.75, 3.05) is 6.61 Å². The lowest BCUT2D eigenvalue weighted by Crippen LogP contribution is -2.52. The summed E-state index contributed by atoms with van der Waals surface area (Å²) in [5.74, 6) is 0.480. The highest BCUT2D eigenvalue weighted by molar-refractivity contribution is 9.10. The Kier molecular flexibility index (Phi) is 5.40. The van der Waals surface area contributed by atoms with Gasteiger partial charge in [-0.15, -0.1) is 0 Å². The minimum Gasteiger partial charge on any atom is -0.486 e. The second kappa shape index (κ2) is 6.87. The minimum absolute atomic E-state index is 0.00300. The third kappa shape index (κ3) is 3.32. The largest absolute Gasteiger partial charge is 0.486 e. The number of halogens is 2. The summed E-state index contributed by atoms with van der Waals surface area (Å²) >= 11 is 6.77. The molecule has 0 N–H and O–H groups in total. The zero-order valence-electron chi connectivity index (χ0n) is 10.9. The van der Waals surface area contributed by atoms with E-state index in [1.165, 1.54) is 6.07 Å². The molecule has 0 heterocycles. The molecule has 0 aliphatic heterocycles. The molecule has 0 bridgehead atoms. The number of rotatable bonds is 6. The van der Waals surface area contributed by atoms with Crippen LogP contribution in [0.4, 0.5) is 5.69 Å². The highest BCUT2D eigenvalue weighted by Crippen LogP contribution is 2.39. The second-order valence-electron chi connectivity index (χ2n) is 4.59. The molecule has 110 valence electrons. The lowest BCUT2D eigenvalue weighted by Gasteiger charge is -2.41. The maximum absolute atomic E-state index is 10.9. The number of benzene rings is 1. The van der Waals surface area contributed by atoms with Crippen LogP contribution in [-0.4, -0.2) is 28.6 Å². The van der Waals surface area contributed by atoms with E-state index in [9.17, 15) is 10.1 Å². The van der Waals surface area contributed by atoms with Crippen molar-refractivity contribution >= 4 is 37.5 Å². The Morgan fingerprint density at radius 2 is 2.25 bits per heavy atom. The van der Waals surface area contributed by atoms with Crippen molar-refractivity contribution in [1.29, 1.82) is 0 Å². The lowest BCUT2D eigenvalue weighted by molar-refractivity contribution is -0.385. The molecule has 1 aliphatic rings. The van der Waals surface area contributed by atoms with Crippen LogP contribution >= 0.6 is 31.9 Å². The number of nitro groups is 1. The van der Waals surface area contributed by atoms with Gasteiger partial charge in [-0.25, -0.2) is 0 Å². The van der Waals surface area contributed by atoms with Crippen LogP contribution in [0, 0.1) is 10.1 Å². The van der Waals surface area contributed by atoms with Crippen molar-refractivity contribution in [2.45, 2.75) is 36.8 Å². The summed E-state index contributed by atoms with van der Waals surface area (Å²) in [7, 11) is 0. The topological polar surface area (TPSA) is 61.6 Å². The summed E-state index contributed by atoms with van der Waals surface area (Å²) in [6.07, 6.45) is 1.68. The Labute approximate surface area is 134 Å². The van der Waals surface area contributed by atoms with Gasteiger partial charge in [-0.3, -0.25) is 10.1 Å². The van der Waals surface area contributed by atoms with E-state index in [-0.39, 0.29) is 22.7 Å². The SMILES string of the molecule is CCCOC1C(Br)CC1Oc1cccc([N+](=O)[O-])c1Br. The molecular weight excluding hydrogens is 394 g/mol. The monoisotopic (exact) mass is 407 g/mol. The molecule has 1 aromatic rings. The van der Waals surface area contributed by atoms with Gasteiger partial charge < -0.3 is 9.47 Å². The van der Waals surface area contributed by atoms with Gasteiger partial charge in [-0.05, 0) is 28.4 Å². The van der Waals surface area contributed by atoms with E-state index in [0.717, 1.165) is 12.8 Å². The molecule has 1 saturated carbocycles.